The Kier molecular flexibility index (Phi) is 5.47. The van der Waals surface area contributed by atoms with Gasteiger partial charge in [-0.1, -0.05) is 35.9 Å². The van der Waals surface area contributed by atoms with Crippen molar-refractivity contribution >= 4 is 50.6 Å². The molecule has 170 valence electrons. The van der Waals surface area contributed by atoms with E-state index in [0.717, 1.165) is 40.6 Å². The minimum Gasteiger partial charge on any atom is -0.362 e. The van der Waals surface area contributed by atoms with Crippen LogP contribution in [0.3, 0.4) is 0 Å². The van der Waals surface area contributed by atoms with Gasteiger partial charge in [0.1, 0.15) is 5.82 Å². The summed E-state index contributed by atoms with van der Waals surface area (Å²) in [5.41, 5.74) is 4.97. The molecular weight excluding hydrogens is 477 g/mol. The maximum absolute atomic E-state index is 13.4. The third kappa shape index (κ3) is 4.21. The lowest BCUT2D eigenvalue weighted by molar-refractivity contribution is -0.110. The number of halogens is 2. The van der Waals surface area contributed by atoms with Crippen LogP contribution in [0.15, 0.2) is 83.9 Å². The van der Waals surface area contributed by atoms with Crippen LogP contribution in [0, 0.1) is 5.82 Å². The number of sulfonamides is 1. The third-order valence-electron chi connectivity index (χ3n) is 5.40. The van der Waals surface area contributed by atoms with Gasteiger partial charge in [0.2, 0.25) is 0 Å². The van der Waals surface area contributed by atoms with Gasteiger partial charge in [-0.15, -0.1) is 0 Å². The average molecular weight is 494 g/mol. The van der Waals surface area contributed by atoms with E-state index in [2.05, 4.69) is 15.0 Å². The van der Waals surface area contributed by atoms with Crippen molar-refractivity contribution in [3.8, 4) is 11.1 Å². The Morgan fingerprint density at radius 2 is 1.71 bits per heavy atom. The molecule has 3 aromatic carbocycles. The van der Waals surface area contributed by atoms with Crippen LogP contribution >= 0.6 is 11.6 Å². The number of nitrogens with one attached hydrogen (secondary N) is 3. The Labute approximate surface area is 200 Å². The molecule has 1 amide bonds. The highest BCUT2D eigenvalue weighted by Crippen LogP contribution is 2.36. The SMILES string of the molecule is O=C1Nc2cc(-c3ccc(NS(=O)(=O)c4ccc(F)c(Cl)c4)cc3)ccc2/C1=C/c1ccc[nH]1. The summed E-state index contributed by atoms with van der Waals surface area (Å²) in [7, 11) is -3.93. The van der Waals surface area contributed by atoms with Crippen molar-refractivity contribution < 1.29 is 17.6 Å². The van der Waals surface area contributed by atoms with Crippen molar-refractivity contribution in [2.45, 2.75) is 4.90 Å². The van der Waals surface area contributed by atoms with Gasteiger partial charge < -0.3 is 10.3 Å². The number of carbonyl (C=O) groups is 1. The number of H-pyrrole nitrogens is 1. The highest BCUT2D eigenvalue weighted by Gasteiger charge is 2.24. The van der Waals surface area contributed by atoms with Crippen molar-refractivity contribution in [3.05, 3.63) is 101 Å². The number of carbonyl (C=O) groups excluding carboxylic acids is 1. The van der Waals surface area contributed by atoms with Crippen LogP contribution in [0.2, 0.25) is 5.02 Å². The van der Waals surface area contributed by atoms with E-state index in [4.69, 9.17) is 11.6 Å². The summed E-state index contributed by atoms with van der Waals surface area (Å²) in [6.07, 6.45) is 3.60. The van der Waals surface area contributed by atoms with Crippen LogP contribution in [0.5, 0.6) is 0 Å². The van der Waals surface area contributed by atoms with Gasteiger partial charge in [-0.2, -0.15) is 0 Å². The van der Waals surface area contributed by atoms with Gasteiger partial charge in [-0.25, -0.2) is 12.8 Å². The molecule has 6 nitrogen and oxygen atoms in total. The summed E-state index contributed by atoms with van der Waals surface area (Å²) in [4.78, 5) is 15.4. The van der Waals surface area contributed by atoms with E-state index in [0.29, 0.717) is 16.9 Å². The van der Waals surface area contributed by atoms with Crippen LogP contribution in [-0.4, -0.2) is 19.3 Å². The number of hydrogen-bond acceptors (Lipinski definition) is 3. The van der Waals surface area contributed by atoms with E-state index < -0.39 is 15.8 Å². The molecule has 0 saturated heterocycles. The summed E-state index contributed by atoms with van der Waals surface area (Å²) >= 11 is 5.71. The maximum Gasteiger partial charge on any atom is 0.261 e. The fraction of sp³-hybridized carbons (Fsp3) is 0. The normalized spacial score (nSPS) is 14.2. The van der Waals surface area contributed by atoms with E-state index in [-0.39, 0.29) is 15.8 Å². The van der Waals surface area contributed by atoms with Gasteiger partial charge in [-0.05, 0) is 65.7 Å². The molecule has 0 spiro atoms. The van der Waals surface area contributed by atoms with Crippen molar-refractivity contribution in [1.82, 2.24) is 4.98 Å². The molecule has 0 fully saturated rings. The molecular formula is C25H17ClFN3O3S. The van der Waals surface area contributed by atoms with Crippen molar-refractivity contribution in [2.24, 2.45) is 0 Å². The van der Waals surface area contributed by atoms with Crippen molar-refractivity contribution in [2.75, 3.05) is 10.0 Å². The zero-order chi connectivity index (χ0) is 23.9. The first-order valence-corrected chi connectivity index (χ1v) is 12.1. The molecule has 0 aliphatic carbocycles. The van der Waals surface area contributed by atoms with E-state index in [1.54, 1.807) is 36.5 Å². The molecule has 3 N–H and O–H groups in total. The van der Waals surface area contributed by atoms with Crippen molar-refractivity contribution in [3.63, 3.8) is 0 Å². The van der Waals surface area contributed by atoms with E-state index in [1.165, 1.54) is 0 Å². The standard InChI is InChI=1S/C25H17ClFN3O3S/c26-22-14-19(8-10-23(22)27)34(32,33)30-17-6-3-15(4-7-17)16-5-9-20-21(13-18-2-1-11-28-18)25(31)29-24(20)12-16/h1-14,28,30H,(H,29,31)/b21-13-. The summed E-state index contributed by atoms with van der Waals surface area (Å²) < 4.78 is 41.0. The largest absolute Gasteiger partial charge is 0.362 e. The number of rotatable bonds is 5. The Hall–Kier alpha value is -3.88. The number of fused-ring (bicyclic) bond motifs is 1. The van der Waals surface area contributed by atoms with Crippen LogP contribution in [0.25, 0.3) is 22.8 Å². The predicted octanol–water partition coefficient (Wildman–Crippen LogP) is 5.77. The summed E-state index contributed by atoms with van der Waals surface area (Å²) in [5, 5.41) is 2.62. The van der Waals surface area contributed by atoms with E-state index in [9.17, 15) is 17.6 Å². The Bertz CT molecular complexity index is 1550. The monoisotopic (exact) mass is 493 g/mol. The van der Waals surface area contributed by atoms with Gasteiger partial charge in [0, 0.05) is 28.8 Å². The summed E-state index contributed by atoms with van der Waals surface area (Å²) in [6, 6.07) is 19.4. The quantitative estimate of drug-likeness (QED) is 0.308. The van der Waals surface area contributed by atoms with Crippen LogP contribution in [0.1, 0.15) is 11.3 Å². The number of aromatic amines is 1. The molecule has 0 atom stereocenters. The lowest BCUT2D eigenvalue weighted by atomic mass is 10.00. The fourth-order valence-electron chi connectivity index (χ4n) is 3.70. The Balaban J connectivity index is 1.38. The molecule has 0 radical (unpaired) electrons. The first kappa shape index (κ1) is 21.9. The third-order valence-corrected chi connectivity index (χ3v) is 7.06. The van der Waals surface area contributed by atoms with E-state index in [1.807, 2.05) is 30.3 Å². The molecule has 2 heterocycles. The number of benzene rings is 3. The van der Waals surface area contributed by atoms with Crippen LogP contribution in [-0.2, 0) is 14.8 Å². The molecule has 1 aliphatic rings. The van der Waals surface area contributed by atoms with Gasteiger partial charge in [0.15, 0.2) is 0 Å². The van der Waals surface area contributed by atoms with Gasteiger partial charge >= 0.3 is 0 Å². The van der Waals surface area contributed by atoms with Gasteiger partial charge in [-0.3, -0.25) is 9.52 Å². The molecule has 9 heteroatoms. The predicted molar refractivity (Wildman–Crippen MR) is 131 cm³/mol. The highest BCUT2D eigenvalue weighted by atomic mass is 35.5. The molecule has 0 bridgehead atoms. The summed E-state index contributed by atoms with van der Waals surface area (Å²) in [5.74, 6) is -0.866. The molecule has 0 saturated carbocycles. The second-order valence-corrected chi connectivity index (χ2v) is 9.75. The minimum absolute atomic E-state index is 0.138. The zero-order valence-electron chi connectivity index (χ0n) is 17.5. The zero-order valence-corrected chi connectivity index (χ0v) is 19.0. The number of amides is 1. The summed E-state index contributed by atoms with van der Waals surface area (Å²) in [6.45, 7) is 0. The number of hydrogen-bond donors (Lipinski definition) is 3. The fourth-order valence-corrected chi connectivity index (χ4v) is 5.03. The lowest BCUT2D eigenvalue weighted by Crippen LogP contribution is -2.13. The van der Waals surface area contributed by atoms with E-state index >= 15 is 0 Å². The van der Waals surface area contributed by atoms with Crippen LogP contribution < -0.4 is 10.0 Å². The first-order valence-electron chi connectivity index (χ1n) is 10.2. The molecule has 1 aromatic heterocycles. The lowest BCUT2D eigenvalue weighted by Gasteiger charge is -2.10. The average Bonchev–Trinajstić information content (AvgIpc) is 3.43. The number of anilines is 2. The second-order valence-electron chi connectivity index (χ2n) is 7.66. The molecule has 34 heavy (non-hydrogen) atoms. The maximum atomic E-state index is 13.4. The second kappa shape index (κ2) is 8.48. The molecule has 5 rings (SSSR count). The van der Waals surface area contributed by atoms with Crippen LogP contribution in [0.4, 0.5) is 15.8 Å². The minimum atomic E-state index is -3.93. The van der Waals surface area contributed by atoms with Gasteiger partial charge in [0.05, 0.1) is 15.5 Å². The number of aromatic nitrogens is 1. The van der Waals surface area contributed by atoms with Crippen molar-refractivity contribution in [1.29, 1.82) is 0 Å². The highest BCUT2D eigenvalue weighted by molar-refractivity contribution is 7.92. The molecule has 1 aliphatic heterocycles. The first-order chi connectivity index (χ1) is 16.3. The Morgan fingerprint density at radius 1 is 0.941 bits per heavy atom. The Morgan fingerprint density at radius 3 is 2.41 bits per heavy atom. The topological polar surface area (TPSA) is 91.1 Å². The molecule has 4 aromatic rings. The molecule has 0 unspecified atom stereocenters. The van der Waals surface area contributed by atoms with Gasteiger partial charge in [0.25, 0.3) is 15.9 Å². The smallest absolute Gasteiger partial charge is 0.261 e.